The third kappa shape index (κ3) is 5.46. The van der Waals surface area contributed by atoms with Crippen LogP contribution < -0.4 is 4.90 Å². The van der Waals surface area contributed by atoms with Gasteiger partial charge in [0, 0.05) is 31.3 Å². The summed E-state index contributed by atoms with van der Waals surface area (Å²) in [5.41, 5.74) is 10.6. The van der Waals surface area contributed by atoms with Crippen molar-refractivity contribution in [3.63, 3.8) is 0 Å². The zero-order valence-electron chi connectivity index (χ0n) is 30.6. The van der Waals surface area contributed by atoms with E-state index >= 15 is 0 Å². The van der Waals surface area contributed by atoms with Crippen LogP contribution in [0, 0.1) is 0 Å². The Balaban J connectivity index is 1.28. The van der Waals surface area contributed by atoms with Gasteiger partial charge in [-0.05, 0) is 103 Å². The molecule has 0 N–H and O–H groups in total. The summed E-state index contributed by atoms with van der Waals surface area (Å²) in [6, 6.07) is 78.1. The molecule has 11 aromatic rings. The largest absolute Gasteiger partial charge is 0.309 e. The molecule has 0 amide bonds. The highest BCUT2D eigenvalue weighted by atomic mass is 32.1. The molecule has 0 fully saturated rings. The van der Waals surface area contributed by atoms with Crippen molar-refractivity contribution in [3.05, 3.63) is 212 Å². The van der Waals surface area contributed by atoms with Gasteiger partial charge in [0.2, 0.25) is 0 Å². The third-order valence-corrected chi connectivity index (χ3v) is 12.3. The summed E-state index contributed by atoms with van der Waals surface area (Å²) < 4.78 is 2.56. The van der Waals surface area contributed by atoms with Crippen molar-refractivity contribution in [2.24, 2.45) is 0 Å². The van der Waals surface area contributed by atoms with Crippen LogP contribution in [-0.4, -0.2) is 0 Å². The number of hydrogen-bond acceptors (Lipinski definition) is 2. The predicted molar refractivity (Wildman–Crippen MR) is 243 cm³/mol. The van der Waals surface area contributed by atoms with E-state index in [1.54, 1.807) is 0 Å². The minimum absolute atomic E-state index is 1.13. The zero-order valence-corrected chi connectivity index (χ0v) is 31.4. The smallest absolute Gasteiger partial charge is 0.0555 e. The first-order valence-electron chi connectivity index (χ1n) is 19.2. The molecular weight excluding hydrogens is 695 g/mol. The number of anilines is 3. The van der Waals surface area contributed by atoms with Crippen LogP contribution >= 0.6 is 11.3 Å². The van der Waals surface area contributed by atoms with E-state index < -0.39 is 0 Å². The molecule has 0 aliphatic heterocycles. The van der Waals surface area contributed by atoms with Gasteiger partial charge in [-0.3, -0.25) is 0 Å². The fourth-order valence-corrected chi connectivity index (χ4v) is 9.68. The molecule has 10 aromatic carbocycles. The molecule has 11 rings (SSSR count). The van der Waals surface area contributed by atoms with E-state index in [2.05, 4.69) is 217 Å². The fourth-order valence-electron chi connectivity index (χ4n) is 8.56. The number of fused-ring (bicyclic) bond motifs is 6. The van der Waals surface area contributed by atoms with E-state index in [9.17, 15) is 0 Å². The minimum atomic E-state index is 1.13. The molecule has 0 saturated heterocycles. The van der Waals surface area contributed by atoms with Crippen LogP contribution in [-0.2, 0) is 0 Å². The first-order valence-corrected chi connectivity index (χ1v) is 20.0. The molecular formula is C54H35NS. The second-order valence-corrected chi connectivity index (χ2v) is 15.6. The summed E-state index contributed by atoms with van der Waals surface area (Å²) in [5.74, 6) is 0. The monoisotopic (exact) mass is 729 g/mol. The molecule has 1 nitrogen and oxygen atoms in total. The van der Waals surface area contributed by atoms with Crippen molar-refractivity contribution < 1.29 is 0 Å². The zero-order chi connectivity index (χ0) is 37.0. The molecule has 56 heavy (non-hydrogen) atoms. The molecule has 0 radical (unpaired) electrons. The summed E-state index contributed by atoms with van der Waals surface area (Å²) in [6.45, 7) is 0. The lowest BCUT2D eigenvalue weighted by Crippen LogP contribution is -2.13. The van der Waals surface area contributed by atoms with Crippen molar-refractivity contribution in [1.29, 1.82) is 0 Å². The average Bonchev–Trinajstić information content (AvgIpc) is 3.66. The Labute approximate surface area is 330 Å². The van der Waals surface area contributed by atoms with Crippen LogP contribution in [0.2, 0.25) is 0 Å². The van der Waals surface area contributed by atoms with Gasteiger partial charge in [0.25, 0.3) is 0 Å². The summed E-state index contributed by atoms with van der Waals surface area (Å²) >= 11 is 1.86. The lowest BCUT2D eigenvalue weighted by Gasteiger charge is -2.31. The highest BCUT2D eigenvalue weighted by Gasteiger charge is 2.25. The van der Waals surface area contributed by atoms with Crippen LogP contribution in [0.25, 0.3) is 85.9 Å². The normalized spacial score (nSPS) is 11.6. The summed E-state index contributed by atoms with van der Waals surface area (Å²) in [7, 11) is 0. The van der Waals surface area contributed by atoms with Gasteiger partial charge in [-0.25, -0.2) is 0 Å². The maximum atomic E-state index is 2.55. The maximum absolute atomic E-state index is 2.55. The van der Waals surface area contributed by atoms with Crippen LogP contribution in [0.4, 0.5) is 17.1 Å². The Bertz CT molecular complexity index is 3270. The van der Waals surface area contributed by atoms with Crippen molar-refractivity contribution >= 4 is 80.9 Å². The fraction of sp³-hybridized carbons (Fsp3) is 0. The van der Waals surface area contributed by atoms with Crippen LogP contribution in [0.15, 0.2) is 212 Å². The molecule has 0 atom stereocenters. The highest BCUT2D eigenvalue weighted by Crippen LogP contribution is 2.51. The first-order chi connectivity index (χ1) is 27.8. The molecule has 1 aromatic heterocycles. The van der Waals surface area contributed by atoms with Gasteiger partial charge in [0.1, 0.15) is 0 Å². The van der Waals surface area contributed by atoms with E-state index in [0.717, 1.165) is 17.1 Å². The SMILES string of the molecule is c1ccc(-c2ccc(N(c3ccc4ccccc4c3-c3ccc4ccccc4c3)c3cccc4sc5ccccc5c34)c(-c3ccc4ccccc4c3)c2)cc1. The van der Waals surface area contributed by atoms with Crippen LogP contribution in [0.1, 0.15) is 0 Å². The highest BCUT2D eigenvalue weighted by molar-refractivity contribution is 7.26. The second kappa shape index (κ2) is 13.4. The molecule has 0 aliphatic rings. The Morgan fingerprint density at radius 2 is 0.875 bits per heavy atom. The van der Waals surface area contributed by atoms with Crippen molar-refractivity contribution in [2.75, 3.05) is 4.90 Å². The lowest BCUT2D eigenvalue weighted by atomic mass is 9.91. The number of rotatable bonds is 6. The van der Waals surface area contributed by atoms with Crippen molar-refractivity contribution in [1.82, 2.24) is 0 Å². The number of hydrogen-bond donors (Lipinski definition) is 0. The first kappa shape index (κ1) is 32.4. The number of nitrogens with zero attached hydrogens (tertiary/aromatic N) is 1. The van der Waals surface area contributed by atoms with Gasteiger partial charge >= 0.3 is 0 Å². The standard InChI is InChI=1S/C54H35NS/c1-2-13-36(14-3-1)42-30-31-48(47(35-42)43-27-25-37-15-4-6-18-40(37)33-43)55(49-22-12-24-52-54(49)46-21-10-11-23-51(46)56-52)50-32-29-39-17-8-9-20-45(39)53(50)44-28-26-38-16-5-7-19-41(38)34-44/h1-35H. The maximum Gasteiger partial charge on any atom is 0.0555 e. The van der Waals surface area contributed by atoms with Gasteiger partial charge in [-0.2, -0.15) is 0 Å². The number of benzene rings is 10. The summed E-state index contributed by atoms with van der Waals surface area (Å²) in [5, 5.41) is 9.90. The molecule has 1 heterocycles. The molecule has 0 bridgehead atoms. The second-order valence-electron chi connectivity index (χ2n) is 14.5. The van der Waals surface area contributed by atoms with E-state index in [4.69, 9.17) is 0 Å². The Hall–Kier alpha value is -7.00. The van der Waals surface area contributed by atoms with E-state index in [1.165, 1.54) is 85.9 Å². The van der Waals surface area contributed by atoms with E-state index in [-0.39, 0.29) is 0 Å². The quantitative estimate of drug-likeness (QED) is 0.165. The van der Waals surface area contributed by atoms with Gasteiger partial charge in [-0.1, -0.05) is 164 Å². The minimum Gasteiger partial charge on any atom is -0.309 e. The average molecular weight is 730 g/mol. The van der Waals surface area contributed by atoms with Crippen LogP contribution in [0.5, 0.6) is 0 Å². The molecule has 262 valence electrons. The molecule has 0 spiro atoms. The Kier molecular flexibility index (Phi) is 7.75. The predicted octanol–water partition coefficient (Wildman–Crippen LogP) is 16.0. The Morgan fingerprint density at radius 3 is 1.66 bits per heavy atom. The van der Waals surface area contributed by atoms with Crippen molar-refractivity contribution in [3.8, 4) is 33.4 Å². The topological polar surface area (TPSA) is 3.24 Å². The third-order valence-electron chi connectivity index (χ3n) is 11.2. The molecule has 0 aliphatic carbocycles. The molecule has 0 unspecified atom stereocenters. The lowest BCUT2D eigenvalue weighted by molar-refractivity contribution is 1.31. The summed E-state index contributed by atoms with van der Waals surface area (Å²) in [6.07, 6.45) is 0. The van der Waals surface area contributed by atoms with Gasteiger partial charge in [0.15, 0.2) is 0 Å². The van der Waals surface area contributed by atoms with Gasteiger partial charge in [-0.15, -0.1) is 11.3 Å². The van der Waals surface area contributed by atoms with Crippen LogP contribution in [0.3, 0.4) is 0 Å². The van der Waals surface area contributed by atoms with E-state index in [0.29, 0.717) is 0 Å². The van der Waals surface area contributed by atoms with Gasteiger partial charge in [0.05, 0.1) is 17.1 Å². The van der Waals surface area contributed by atoms with E-state index in [1.807, 2.05) is 11.3 Å². The molecule has 0 saturated carbocycles. The van der Waals surface area contributed by atoms with Crippen molar-refractivity contribution in [2.45, 2.75) is 0 Å². The summed E-state index contributed by atoms with van der Waals surface area (Å²) in [4.78, 5) is 2.55. The number of thiophene rings is 1. The molecule has 2 heteroatoms. The van der Waals surface area contributed by atoms with Gasteiger partial charge < -0.3 is 4.90 Å². The Morgan fingerprint density at radius 1 is 0.304 bits per heavy atom.